The van der Waals surface area contributed by atoms with Gasteiger partial charge >= 0.3 is 0 Å². The Labute approximate surface area is 114 Å². The summed E-state index contributed by atoms with van der Waals surface area (Å²) >= 11 is 0. The van der Waals surface area contributed by atoms with Crippen molar-refractivity contribution in [3.8, 4) is 0 Å². The van der Waals surface area contributed by atoms with Crippen LogP contribution >= 0.6 is 0 Å². The van der Waals surface area contributed by atoms with Gasteiger partial charge < -0.3 is 9.84 Å². The lowest BCUT2D eigenvalue weighted by atomic mass is 10.0. The van der Waals surface area contributed by atoms with Crippen molar-refractivity contribution >= 4 is 10.8 Å². The van der Waals surface area contributed by atoms with Crippen molar-refractivity contribution in [1.82, 2.24) is 0 Å². The van der Waals surface area contributed by atoms with Crippen molar-refractivity contribution in [2.45, 2.75) is 25.4 Å². The van der Waals surface area contributed by atoms with Crippen LogP contribution in [-0.4, -0.2) is 18.3 Å². The minimum atomic E-state index is -0.524. The van der Waals surface area contributed by atoms with Crippen LogP contribution in [0.1, 0.15) is 30.9 Å². The molecule has 1 saturated carbocycles. The zero-order valence-electron chi connectivity index (χ0n) is 11.1. The molecule has 1 aliphatic carbocycles. The Hall–Kier alpha value is -1.38. The van der Waals surface area contributed by atoms with E-state index in [1.807, 2.05) is 24.3 Å². The first-order valence-corrected chi connectivity index (χ1v) is 7.07. The number of ether oxygens (including phenoxy) is 1. The SMILES string of the molecule is OC(COCCC1CC1)c1ccc2ccccc2c1. The van der Waals surface area contributed by atoms with Crippen LogP contribution in [0.2, 0.25) is 0 Å². The van der Waals surface area contributed by atoms with Crippen molar-refractivity contribution in [2.75, 3.05) is 13.2 Å². The van der Waals surface area contributed by atoms with Gasteiger partial charge in [-0.15, -0.1) is 0 Å². The monoisotopic (exact) mass is 256 g/mol. The van der Waals surface area contributed by atoms with Gasteiger partial charge in [-0.2, -0.15) is 0 Å². The molecule has 0 heterocycles. The first-order chi connectivity index (χ1) is 9.33. The molecule has 2 nitrogen and oxygen atoms in total. The molecular formula is C17H20O2. The second-order valence-corrected chi connectivity index (χ2v) is 5.43. The molecule has 1 atom stereocenters. The first-order valence-electron chi connectivity index (χ1n) is 7.07. The molecule has 2 heteroatoms. The van der Waals surface area contributed by atoms with Gasteiger partial charge in [0.2, 0.25) is 0 Å². The van der Waals surface area contributed by atoms with Crippen molar-refractivity contribution in [1.29, 1.82) is 0 Å². The molecule has 0 saturated heterocycles. The first kappa shape index (κ1) is 12.6. The topological polar surface area (TPSA) is 29.5 Å². The number of hydrogen-bond donors (Lipinski definition) is 1. The highest BCUT2D eigenvalue weighted by Gasteiger charge is 2.20. The Balaban J connectivity index is 1.58. The zero-order valence-corrected chi connectivity index (χ0v) is 11.1. The van der Waals surface area contributed by atoms with E-state index in [0.717, 1.165) is 29.9 Å². The molecule has 1 N–H and O–H groups in total. The molecule has 100 valence electrons. The van der Waals surface area contributed by atoms with E-state index in [1.54, 1.807) is 0 Å². The molecule has 1 aliphatic rings. The maximum atomic E-state index is 10.1. The molecule has 0 aromatic heterocycles. The van der Waals surface area contributed by atoms with Gasteiger partial charge in [-0.05, 0) is 34.7 Å². The van der Waals surface area contributed by atoms with Crippen LogP contribution in [0.15, 0.2) is 42.5 Å². The van der Waals surface area contributed by atoms with E-state index in [2.05, 4.69) is 18.2 Å². The van der Waals surface area contributed by atoms with E-state index >= 15 is 0 Å². The average molecular weight is 256 g/mol. The molecule has 0 amide bonds. The second-order valence-electron chi connectivity index (χ2n) is 5.43. The van der Waals surface area contributed by atoms with Gasteiger partial charge in [0.15, 0.2) is 0 Å². The molecule has 1 fully saturated rings. The van der Waals surface area contributed by atoms with Crippen LogP contribution in [0, 0.1) is 5.92 Å². The summed E-state index contributed by atoms with van der Waals surface area (Å²) < 4.78 is 5.56. The fourth-order valence-electron chi connectivity index (χ4n) is 2.36. The van der Waals surface area contributed by atoms with E-state index in [0.29, 0.717) is 6.61 Å². The molecule has 3 rings (SSSR count). The second kappa shape index (κ2) is 5.72. The van der Waals surface area contributed by atoms with Gasteiger partial charge in [-0.25, -0.2) is 0 Å². The highest BCUT2D eigenvalue weighted by atomic mass is 16.5. The number of aliphatic hydroxyl groups excluding tert-OH is 1. The fraction of sp³-hybridized carbons (Fsp3) is 0.412. The number of rotatable bonds is 6. The third-order valence-electron chi connectivity index (χ3n) is 3.80. The summed E-state index contributed by atoms with van der Waals surface area (Å²) in [6.45, 7) is 1.17. The van der Waals surface area contributed by atoms with Crippen LogP contribution in [0.4, 0.5) is 0 Å². The highest BCUT2D eigenvalue weighted by Crippen LogP contribution is 2.32. The standard InChI is InChI=1S/C17H20O2/c18-17(12-19-10-9-13-5-6-13)16-8-7-14-3-1-2-4-15(14)11-16/h1-4,7-8,11,13,17-18H,5-6,9-10,12H2. The Morgan fingerprint density at radius 3 is 2.68 bits per heavy atom. The minimum absolute atomic E-state index is 0.394. The van der Waals surface area contributed by atoms with Crippen LogP contribution in [0.3, 0.4) is 0 Å². The molecule has 0 aliphatic heterocycles. The smallest absolute Gasteiger partial charge is 0.102 e. The molecule has 1 unspecified atom stereocenters. The summed E-state index contributed by atoms with van der Waals surface area (Å²) in [6, 6.07) is 14.3. The molecule has 0 radical (unpaired) electrons. The number of aliphatic hydroxyl groups is 1. The minimum Gasteiger partial charge on any atom is -0.386 e. The predicted octanol–water partition coefficient (Wildman–Crippen LogP) is 3.69. The van der Waals surface area contributed by atoms with Gasteiger partial charge in [-0.1, -0.05) is 49.2 Å². The molecule has 19 heavy (non-hydrogen) atoms. The third-order valence-corrected chi connectivity index (χ3v) is 3.80. The maximum absolute atomic E-state index is 10.1. The third kappa shape index (κ3) is 3.34. The van der Waals surface area contributed by atoms with E-state index in [-0.39, 0.29) is 0 Å². The summed E-state index contributed by atoms with van der Waals surface area (Å²) in [5, 5.41) is 12.5. The van der Waals surface area contributed by atoms with Crippen LogP contribution in [0.25, 0.3) is 10.8 Å². The van der Waals surface area contributed by atoms with E-state index < -0.39 is 6.10 Å². The Kier molecular flexibility index (Phi) is 3.81. The summed E-state index contributed by atoms with van der Waals surface area (Å²) in [7, 11) is 0. The van der Waals surface area contributed by atoms with Crippen LogP contribution < -0.4 is 0 Å². The molecule has 0 spiro atoms. The number of fused-ring (bicyclic) bond motifs is 1. The van der Waals surface area contributed by atoms with E-state index in [4.69, 9.17) is 4.74 Å². The quantitative estimate of drug-likeness (QED) is 0.799. The average Bonchev–Trinajstić information content (AvgIpc) is 3.27. The summed E-state index contributed by atoms with van der Waals surface area (Å²) in [4.78, 5) is 0. The predicted molar refractivity (Wildman–Crippen MR) is 77.1 cm³/mol. The Morgan fingerprint density at radius 1 is 1.11 bits per heavy atom. The normalized spacial score (nSPS) is 16.7. The van der Waals surface area contributed by atoms with Crippen LogP contribution in [-0.2, 0) is 4.74 Å². The Morgan fingerprint density at radius 2 is 1.89 bits per heavy atom. The number of benzene rings is 2. The van der Waals surface area contributed by atoms with Crippen LogP contribution in [0.5, 0.6) is 0 Å². The number of hydrogen-bond acceptors (Lipinski definition) is 2. The molecule has 2 aromatic rings. The van der Waals surface area contributed by atoms with Crippen molar-refractivity contribution in [3.63, 3.8) is 0 Å². The largest absolute Gasteiger partial charge is 0.386 e. The zero-order chi connectivity index (χ0) is 13.1. The summed E-state index contributed by atoms with van der Waals surface area (Å²) in [5.41, 5.74) is 0.935. The van der Waals surface area contributed by atoms with Gasteiger partial charge in [0.05, 0.1) is 6.61 Å². The van der Waals surface area contributed by atoms with E-state index in [9.17, 15) is 5.11 Å². The van der Waals surface area contributed by atoms with Crippen molar-refractivity contribution in [3.05, 3.63) is 48.0 Å². The lowest BCUT2D eigenvalue weighted by molar-refractivity contribution is 0.0337. The van der Waals surface area contributed by atoms with Crippen molar-refractivity contribution < 1.29 is 9.84 Å². The van der Waals surface area contributed by atoms with Gasteiger partial charge in [0.25, 0.3) is 0 Å². The van der Waals surface area contributed by atoms with Gasteiger partial charge in [0.1, 0.15) is 6.10 Å². The Bertz CT molecular complexity index is 546. The summed E-state index contributed by atoms with van der Waals surface area (Å²) in [6.07, 6.45) is 3.33. The molecule has 2 aromatic carbocycles. The fourth-order valence-corrected chi connectivity index (χ4v) is 2.36. The lowest BCUT2D eigenvalue weighted by Crippen LogP contribution is -2.08. The lowest BCUT2D eigenvalue weighted by Gasteiger charge is -2.12. The molecule has 0 bridgehead atoms. The van der Waals surface area contributed by atoms with Gasteiger partial charge in [0, 0.05) is 6.61 Å². The van der Waals surface area contributed by atoms with Crippen molar-refractivity contribution in [2.24, 2.45) is 5.92 Å². The highest BCUT2D eigenvalue weighted by molar-refractivity contribution is 5.83. The van der Waals surface area contributed by atoms with Gasteiger partial charge in [-0.3, -0.25) is 0 Å². The maximum Gasteiger partial charge on any atom is 0.102 e. The van der Waals surface area contributed by atoms with E-state index in [1.165, 1.54) is 18.2 Å². The summed E-state index contributed by atoms with van der Waals surface area (Å²) in [5.74, 6) is 0.887. The molecular weight excluding hydrogens is 236 g/mol.